The number of carbonyl (C=O) groups is 2. The molecule has 0 aliphatic carbocycles. The Morgan fingerprint density at radius 3 is 2.29 bits per heavy atom. The maximum atomic E-state index is 10.4. The van der Waals surface area contributed by atoms with Gasteiger partial charge in [0.25, 0.3) is 0 Å². The lowest BCUT2D eigenvalue weighted by molar-refractivity contribution is -0.160. The summed E-state index contributed by atoms with van der Waals surface area (Å²) < 4.78 is 9.21. The molecule has 0 aromatic rings. The summed E-state index contributed by atoms with van der Waals surface area (Å²) in [6.07, 6.45) is -1.41. The molecule has 0 spiro atoms. The number of hydrogen-bond acceptors (Lipinski definition) is 4. The van der Waals surface area contributed by atoms with Gasteiger partial charge in [-0.1, -0.05) is 0 Å². The van der Waals surface area contributed by atoms with Crippen LogP contribution in [0.15, 0.2) is 0 Å². The molecule has 0 fully saturated rings. The van der Waals surface area contributed by atoms with E-state index in [1.807, 2.05) is 0 Å². The molecule has 0 heterocycles. The van der Waals surface area contributed by atoms with Crippen LogP contribution in [0.25, 0.3) is 0 Å². The van der Waals surface area contributed by atoms with Crippen LogP contribution < -0.4 is 0 Å². The Hall–Kier alpha value is -0.850. The minimum Gasteiger partial charge on any atom is -0.481 e. The van der Waals surface area contributed by atoms with Crippen molar-refractivity contribution in [2.75, 3.05) is 13.9 Å². The number of methoxy groups -OCH3 is 1. The molecule has 0 aliphatic rings. The van der Waals surface area contributed by atoms with E-state index in [2.05, 4.69) is 4.74 Å². The van der Waals surface area contributed by atoms with Crippen LogP contribution in [0.3, 0.4) is 0 Å². The fraction of sp³-hybridized carbons (Fsp3) is 0.714. The third kappa shape index (κ3) is 7.78. The first kappa shape index (κ1) is 15.6. The van der Waals surface area contributed by atoms with Crippen molar-refractivity contribution in [2.45, 2.75) is 18.9 Å². The summed E-state index contributed by atoms with van der Waals surface area (Å²) in [4.78, 5) is 20.6. The number of halogens is 1. The lowest BCUT2D eigenvalue weighted by atomic mass is 10.2. The first-order valence-electron chi connectivity index (χ1n) is 3.63. The first-order valence-corrected chi connectivity index (χ1v) is 3.63. The van der Waals surface area contributed by atoms with Crippen molar-refractivity contribution in [3.8, 4) is 0 Å². The summed E-state index contributed by atoms with van der Waals surface area (Å²) >= 11 is 0. The van der Waals surface area contributed by atoms with Crippen LogP contribution in [0.2, 0.25) is 0 Å². The Bertz CT molecular complexity index is 183. The topological polar surface area (TPSA) is 93.1 Å². The van der Waals surface area contributed by atoms with E-state index in [0.717, 1.165) is 0 Å². The molecule has 0 amide bonds. The van der Waals surface area contributed by atoms with Gasteiger partial charge in [-0.05, 0) is 6.42 Å². The molecule has 2 N–H and O–H groups in total. The summed E-state index contributed by atoms with van der Waals surface area (Å²) in [6.45, 7) is -0.156. The van der Waals surface area contributed by atoms with Gasteiger partial charge in [-0.25, -0.2) is 4.79 Å². The number of aliphatic carboxylic acids is 2. The molecule has 14 heavy (non-hydrogen) atoms. The highest BCUT2D eigenvalue weighted by Gasteiger charge is 2.18. The van der Waals surface area contributed by atoms with E-state index in [1.165, 1.54) is 7.11 Å². The zero-order valence-electron chi connectivity index (χ0n) is 7.63. The Labute approximate surface area is 87.2 Å². The molecule has 0 aromatic carbocycles. The molecule has 1 unspecified atom stereocenters. The predicted molar refractivity (Wildman–Crippen MR) is 48.5 cm³/mol. The zero-order valence-corrected chi connectivity index (χ0v) is 8.45. The smallest absolute Gasteiger partial charge is 0.332 e. The van der Waals surface area contributed by atoms with Gasteiger partial charge in [0.1, 0.15) is 6.79 Å². The summed E-state index contributed by atoms with van der Waals surface area (Å²) in [6, 6.07) is 0. The zero-order chi connectivity index (χ0) is 10.3. The third-order valence-corrected chi connectivity index (χ3v) is 1.28. The monoisotopic (exact) mass is 228 g/mol. The van der Waals surface area contributed by atoms with Gasteiger partial charge in [0, 0.05) is 13.5 Å². The number of carboxylic acids is 2. The predicted octanol–water partition coefficient (Wildman–Crippen LogP) is 0.347. The molecule has 0 aromatic heterocycles. The fourth-order valence-electron chi connectivity index (χ4n) is 0.683. The molecule has 84 valence electrons. The Morgan fingerprint density at radius 1 is 1.36 bits per heavy atom. The molecule has 1 atom stereocenters. The second-order valence-electron chi connectivity index (χ2n) is 2.33. The second-order valence-corrected chi connectivity index (χ2v) is 2.33. The normalized spacial score (nSPS) is 11.5. The minimum atomic E-state index is -1.18. The van der Waals surface area contributed by atoms with Gasteiger partial charge in [-0.3, -0.25) is 4.79 Å². The van der Waals surface area contributed by atoms with Crippen LogP contribution in [0.1, 0.15) is 12.8 Å². The molecule has 6 nitrogen and oxygen atoms in total. The van der Waals surface area contributed by atoms with Crippen LogP contribution in [-0.2, 0) is 19.1 Å². The average molecular weight is 229 g/mol. The molecule has 0 rings (SSSR count). The number of carboxylic acid groups (broad SMARTS) is 2. The van der Waals surface area contributed by atoms with Crippen molar-refractivity contribution >= 4 is 24.3 Å². The van der Waals surface area contributed by atoms with Gasteiger partial charge < -0.3 is 19.7 Å². The van der Waals surface area contributed by atoms with Crippen molar-refractivity contribution in [3.05, 3.63) is 0 Å². The summed E-state index contributed by atoms with van der Waals surface area (Å²) in [5.41, 5.74) is 0. The Kier molecular flexibility index (Phi) is 9.74. The first-order chi connectivity index (χ1) is 6.07. The van der Waals surface area contributed by atoms with Crippen molar-refractivity contribution in [2.24, 2.45) is 0 Å². The molecule has 0 aliphatic heterocycles. The van der Waals surface area contributed by atoms with Crippen LogP contribution in [0.5, 0.6) is 0 Å². The maximum Gasteiger partial charge on any atom is 0.332 e. The average Bonchev–Trinajstić information content (AvgIpc) is 2.03. The molecule has 0 saturated heterocycles. The minimum absolute atomic E-state index is 0. The molecular formula is C7H13ClO6. The van der Waals surface area contributed by atoms with Crippen LogP contribution in [0.4, 0.5) is 0 Å². The highest BCUT2D eigenvalue weighted by molar-refractivity contribution is 5.85. The van der Waals surface area contributed by atoms with E-state index >= 15 is 0 Å². The fourth-order valence-corrected chi connectivity index (χ4v) is 0.683. The van der Waals surface area contributed by atoms with E-state index in [9.17, 15) is 9.59 Å². The lowest BCUT2D eigenvalue weighted by Crippen LogP contribution is -2.25. The van der Waals surface area contributed by atoms with E-state index in [4.69, 9.17) is 14.9 Å². The third-order valence-electron chi connectivity index (χ3n) is 1.28. The number of ether oxygens (including phenoxy) is 2. The van der Waals surface area contributed by atoms with Gasteiger partial charge in [-0.2, -0.15) is 0 Å². The largest absolute Gasteiger partial charge is 0.481 e. The molecule has 0 radical (unpaired) electrons. The van der Waals surface area contributed by atoms with Crippen LogP contribution in [-0.4, -0.2) is 42.2 Å². The quantitative estimate of drug-likeness (QED) is 0.611. The SMILES string of the molecule is COCOC(CCC(=O)O)C(=O)O.Cl. The van der Waals surface area contributed by atoms with Crippen LogP contribution in [0, 0.1) is 0 Å². The van der Waals surface area contributed by atoms with E-state index in [1.54, 1.807) is 0 Å². The van der Waals surface area contributed by atoms with Crippen LogP contribution >= 0.6 is 12.4 Å². The lowest BCUT2D eigenvalue weighted by Gasteiger charge is -2.10. The maximum absolute atomic E-state index is 10.4. The molecular weight excluding hydrogens is 216 g/mol. The van der Waals surface area contributed by atoms with Gasteiger partial charge in [0.2, 0.25) is 0 Å². The Balaban J connectivity index is 0. The summed E-state index contributed by atoms with van der Waals surface area (Å²) in [5.74, 6) is -2.23. The number of rotatable bonds is 7. The van der Waals surface area contributed by atoms with Crippen molar-refractivity contribution in [3.63, 3.8) is 0 Å². The van der Waals surface area contributed by atoms with E-state index < -0.39 is 18.0 Å². The van der Waals surface area contributed by atoms with E-state index in [0.29, 0.717) is 0 Å². The van der Waals surface area contributed by atoms with Gasteiger partial charge in [0.15, 0.2) is 6.10 Å². The van der Waals surface area contributed by atoms with Gasteiger partial charge in [0.05, 0.1) is 0 Å². The molecule has 0 bridgehead atoms. The summed E-state index contributed by atoms with van der Waals surface area (Å²) in [5, 5.41) is 16.8. The number of hydrogen-bond donors (Lipinski definition) is 2. The Morgan fingerprint density at radius 2 is 1.93 bits per heavy atom. The highest BCUT2D eigenvalue weighted by atomic mass is 35.5. The molecule has 0 saturated carbocycles. The van der Waals surface area contributed by atoms with E-state index in [-0.39, 0.29) is 32.0 Å². The van der Waals surface area contributed by atoms with Crippen molar-refractivity contribution in [1.29, 1.82) is 0 Å². The second kappa shape index (κ2) is 8.74. The van der Waals surface area contributed by atoms with Gasteiger partial charge in [-0.15, -0.1) is 12.4 Å². The van der Waals surface area contributed by atoms with Crippen molar-refractivity contribution < 1.29 is 29.3 Å². The molecule has 7 heteroatoms. The van der Waals surface area contributed by atoms with Gasteiger partial charge >= 0.3 is 11.9 Å². The van der Waals surface area contributed by atoms with Crippen molar-refractivity contribution in [1.82, 2.24) is 0 Å². The highest BCUT2D eigenvalue weighted by Crippen LogP contribution is 2.02. The summed E-state index contributed by atoms with van der Waals surface area (Å²) in [7, 11) is 1.36. The standard InChI is InChI=1S/C7H12O6.ClH/c1-12-4-13-5(7(10)11)2-3-6(8)9;/h5H,2-4H2,1H3,(H,8,9)(H,10,11);1H.